The largest absolute Gasteiger partial charge is 0.481 e. The smallest absolute Gasteiger partial charge is 0.307 e. The first-order valence-corrected chi connectivity index (χ1v) is 5.22. The van der Waals surface area contributed by atoms with Gasteiger partial charge in [-0.2, -0.15) is 0 Å². The van der Waals surface area contributed by atoms with Crippen LogP contribution < -0.4 is 0 Å². The summed E-state index contributed by atoms with van der Waals surface area (Å²) in [6.07, 6.45) is 3.38. The third-order valence-corrected chi connectivity index (χ3v) is 3.47. The molecule has 0 amide bonds. The van der Waals surface area contributed by atoms with Crippen LogP contribution in [0.15, 0.2) is 6.33 Å². The summed E-state index contributed by atoms with van der Waals surface area (Å²) in [6.45, 7) is 1.50. The summed E-state index contributed by atoms with van der Waals surface area (Å²) in [5.74, 6) is -0.861. The number of aliphatic carboxylic acids is 1. The molecule has 2 aliphatic rings. The van der Waals surface area contributed by atoms with Crippen molar-refractivity contribution in [1.29, 1.82) is 0 Å². The van der Waals surface area contributed by atoms with E-state index >= 15 is 0 Å². The molecule has 0 bridgehead atoms. The van der Waals surface area contributed by atoms with E-state index in [4.69, 9.17) is 5.11 Å². The highest BCUT2D eigenvalue weighted by atomic mass is 16.4. The van der Waals surface area contributed by atoms with Crippen LogP contribution in [0.1, 0.15) is 17.8 Å². The maximum absolute atomic E-state index is 10.9. The fourth-order valence-corrected chi connectivity index (χ4v) is 2.66. The van der Waals surface area contributed by atoms with Gasteiger partial charge in [-0.15, -0.1) is 0 Å². The van der Waals surface area contributed by atoms with E-state index in [1.54, 1.807) is 6.33 Å². The summed E-state index contributed by atoms with van der Waals surface area (Å²) < 4.78 is 0. The second kappa shape index (κ2) is 3.06. The number of nitrogens with zero attached hydrogens (tertiary/aromatic N) is 2. The molecule has 0 unspecified atom stereocenters. The molecule has 0 aliphatic carbocycles. The van der Waals surface area contributed by atoms with Crippen molar-refractivity contribution in [1.82, 2.24) is 14.9 Å². The Morgan fingerprint density at radius 2 is 2.53 bits per heavy atom. The van der Waals surface area contributed by atoms with Crippen LogP contribution in [0.2, 0.25) is 0 Å². The lowest BCUT2D eigenvalue weighted by Gasteiger charge is -2.28. The highest BCUT2D eigenvalue weighted by Gasteiger charge is 2.39. The number of aromatic nitrogens is 2. The lowest BCUT2D eigenvalue weighted by Crippen LogP contribution is -2.35. The zero-order valence-electron chi connectivity index (χ0n) is 8.31. The summed E-state index contributed by atoms with van der Waals surface area (Å²) in [5.41, 5.74) is 2.26. The normalized spacial score (nSPS) is 29.9. The number of carboxylic acid groups (broad SMARTS) is 1. The number of carboxylic acids is 1. The van der Waals surface area contributed by atoms with Gasteiger partial charge >= 0.3 is 5.97 Å². The van der Waals surface area contributed by atoms with E-state index in [0.717, 1.165) is 30.8 Å². The molecular weight excluding hydrogens is 194 g/mol. The number of hydrogen-bond donors (Lipinski definition) is 2. The van der Waals surface area contributed by atoms with E-state index in [0.29, 0.717) is 12.6 Å². The van der Waals surface area contributed by atoms with Gasteiger partial charge in [-0.1, -0.05) is 0 Å². The van der Waals surface area contributed by atoms with Crippen molar-refractivity contribution >= 4 is 5.97 Å². The molecule has 2 atom stereocenters. The summed E-state index contributed by atoms with van der Waals surface area (Å²) >= 11 is 0. The fourth-order valence-electron chi connectivity index (χ4n) is 2.66. The number of imidazole rings is 1. The number of H-pyrrole nitrogens is 1. The number of nitrogens with one attached hydrogen (secondary N) is 1. The molecule has 0 spiro atoms. The number of carbonyl (C=O) groups is 1. The molecule has 1 fully saturated rings. The van der Waals surface area contributed by atoms with E-state index in [1.165, 1.54) is 0 Å². The summed E-state index contributed by atoms with van der Waals surface area (Å²) in [6, 6.07) is 0.377. The van der Waals surface area contributed by atoms with Gasteiger partial charge in [-0.25, -0.2) is 4.98 Å². The first-order chi connectivity index (χ1) is 7.24. The second-order valence-electron chi connectivity index (χ2n) is 4.39. The number of fused-ring (bicyclic) bond motifs is 2. The van der Waals surface area contributed by atoms with E-state index in [2.05, 4.69) is 14.9 Å². The molecule has 2 N–H and O–H groups in total. The van der Waals surface area contributed by atoms with Crippen LogP contribution in [0.4, 0.5) is 0 Å². The van der Waals surface area contributed by atoms with E-state index < -0.39 is 5.97 Å². The maximum Gasteiger partial charge on any atom is 0.307 e. The Hall–Kier alpha value is -1.36. The third-order valence-electron chi connectivity index (χ3n) is 3.47. The summed E-state index contributed by atoms with van der Waals surface area (Å²) in [4.78, 5) is 20.5. The lowest BCUT2D eigenvalue weighted by atomic mass is 10.0. The zero-order chi connectivity index (χ0) is 10.4. The van der Waals surface area contributed by atoms with Gasteiger partial charge in [-0.3, -0.25) is 9.69 Å². The van der Waals surface area contributed by atoms with Crippen molar-refractivity contribution in [2.45, 2.75) is 25.4 Å². The predicted molar refractivity (Wildman–Crippen MR) is 52.2 cm³/mol. The highest BCUT2D eigenvalue weighted by molar-refractivity contribution is 5.70. The molecule has 2 aliphatic heterocycles. The molecule has 1 aromatic heterocycles. The average molecular weight is 207 g/mol. The van der Waals surface area contributed by atoms with E-state index in [9.17, 15) is 4.79 Å². The van der Waals surface area contributed by atoms with Crippen LogP contribution in [0.5, 0.6) is 0 Å². The molecule has 0 saturated carbocycles. The van der Waals surface area contributed by atoms with Gasteiger partial charge in [0, 0.05) is 25.6 Å². The van der Waals surface area contributed by atoms with Crippen molar-refractivity contribution in [3.8, 4) is 0 Å². The van der Waals surface area contributed by atoms with Crippen molar-refractivity contribution in [2.75, 3.05) is 6.54 Å². The minimum atomic E-state index is -0.666. The van der Waals surface area contributed by atoms with Crippen LogP contribution in [0.3, 0.4) is 0 Å². The Kier molecular flexibility index (Phi) is 1.82. The van der Waals surface area contributed by atoms with Crippen LogP contribution in [-0.4, -0.2) is 38.5 Å². The van der Waals surface area contributed by atoms with Crippen molar-refractivity contribution in [3.63, 3.8) is 0 Å². The topological polar surface area (TPSA) is 69.2 Å². The van der Waals surface area contributed by atoms with Crippen molar-refractivity contribution in [2.24, 2.45) is 5.92 Å². The molecule has 3 rings (SSSR count). The molecule has 15 heavy (non-hydrogen) atoms. The molecule has 5 heteroatoms. The van der Waals surface area contributed by atoms with Crippen LogP contribution >= 0.6 is 0 Å². The first kappa shape index (κ1) is 8.91. The van der Waals surface area contributed by atoms with Crippen LogP contribution in [-0.2, 0) is 17.8 Å². The number of aromatic amines is 1. The summed E-state index contributed by atoms with van der Waals surface area (Å²) in [5, 5.41) is 8.98. The molecule has 1 saturated heterocycles. The van der Waals surface area contributed by atoms with Crippen LogP contribution in [0.25, 0.3) is 0 Å². The van der Waals surface area contributed by atoms with Gasteiger partial charge in [-0.05, 0) is 6.42 Å². The SMILES string of the molecule is O=C(O)[C@@H]1C[C@@H]2Cc3nc[nH]c3CN2C1. The van der Waals surface area contributed by atoms with Gasteiger partial charge in [0.15, 0.2) is 0 Å². The summed E-state index contributed by atoms with van der Waals surface area (Å²) in [7, 11) is 0. The standard InChI is InChI=1S/C10H13N3O2/c14-10(15)6-1-7-2-8-9(12-5-11-8)4-13(7)3-6/h5-7H,1-4H2,(H,11,12)(H,14,15)/t6-,7-/m1/s1. The van der Waals surface area contributed by atoms with Gasteiger partial charge in [0.1, 0.15) is 0 Å². The molecule has 5 nitrogen and oxygen atoms in total. The Labute approximate surface area is 87.1 Å². The molecule has 0 radical (unpaired) electrons. The maximum atomic E-state index is 10.9. The average Bonchev–Trinajstić information content (AvgIpc) is 2.77. The van der Waals surface area contributed by atoms with Crippen molar-refractivity contribution < 1.29 is 9.90 Å². The Bertz CT molecular complexity index is 373. The second-order valence-corrected chi connectivity index (χ2v) is 4.39. The molecule has 80 valence electrons. The van der Waals surface area contributed by atoms with Gasteiger partial charge < -0.3 is 10.1 Å². The first-order valence-electron chi connectivity index (χ1n) is 5.22. The van der Waals surface area contributed by atoms with E-state index in [1.807, 2.05) is 0 Å². The molecule has 3 heterocycles. The minimum absolute atomic E-state index is 0.195. The highest BCUT2D eigenvalue weighted by Crippen LogP contribution is 2.31. The minimum Gasteiger partial charge on any atom is -0.481 e. The monoisotopic (exact) mass is 207 g/mol. The lowest BCUT2D eigenvalue weighted by molar-refractivity contribution is -0.141. The van der Waals surface area contributed by atoms with Gasteiger partial charge in [0.2, 0.25) is 0 Å². The quantitative estimate of drug-likeness (QED) is 0.692. The van der Waals surface area contributed by atoms with Gasteiger partial charge in [0.25, 0.3) is 0 Å². The Morgan fingerprint density at radius 1 is 1.67 bits per heavy atom. The fraction of sp³-hybridized carbons (Fsp3) is 0.600. The van der Waals surface area contributed by atoms with Gasteiger partial charge in [0.05, 0.1) is 23.6 Å². The molecule has 1 aromatic rings. The Balaban J connectivity index is 1.81. The van der Waals surface area contributed by atoms with E-state index in [-0.39, 0.29) is 5.92 Å². The number of hydrogen-bond acceptors (Lipinski definition) is 3. The van der Waals surface area contributed by atoms with Crippen molar-refractivity contribution in [3.05, 3.63) is 17.7 Å². The Morgan fingerprint density at radius 3 is 3.33 bits per heavy atom. The third kappa shape index (κ3) is 1.34. The molecular formula is C10H13N3O2. The number of rotatable bonds is 1. The van der Waals surface area contributed by atoms with Crippen LogP contribution in [0, 0.1) is 5.92 Å². The predicted octanol–water partition coefficient (Wildman–Crippen LogP) is 0.241. The molecule has 0 aromatic carbocycles. The zero-order valence-corrected chi connectivity index (χ0v) is 8.31.